The fraction of sp³-hybridized carbons (Fsp3) is 0.231. The third kappa shape index (κ3) is 2.72. The van der Waals surface area contributed by atoms with Crippen molar-refractivity contribution < 1.29 is 9.47 Å². The third-order valence-electron chi connectivity index (χ3n) is 2.54. The lowest BCUT2D eigenvalue weighted by atomic mass is 10.2. The van der Waals surface area contributed by atoms with Crippen LogP contribution in [0, 0.1) is 0 Å². The Labute approximate surface area is 101 Å². The second-order valence-electron chi connectivity index (χ2n) is 3.60. The van der Waals surface area contributed by atoms with E-state index in [-0.39, 0.29) is 0 Å². The molecule has 90 valence electrons. The Bertz CT molecular complexity index is 466. The molecule has 4 heteroatoms. The van der Waals surface area contributed by atoms with Gasteiger partial charge in [-0.3, -0.25) is 4.68 Å². The van der Waals surface area contributed by atoms with E-state index in [2.05, 4.69) is 5.43 Å². The topological polar surface area (TPSA) is 35.4 Å². The Morgan fingerprint density at radius 2 is 1.88 bits per heavy atom. The predicted octanol–water partition coefficient (Wildman–Crippen LogP) is 2.25. The maximum Gasteiger partial charge on any atom is 0.124 e. The normalized spacial score (nSPS) is 10.0. The molecular formula is C13H16N2O2. The molecule has 0 atom stereocenters. The molecule has 0 spiro atoms. The second kappa shape index (κ2) is 5.30. The van der Waals surface area contributed by atoms with Crippen LogP contribution >= 0.6 is 0 Å². The minimum Gasteiger partial charge on any atom is -0.497 e. The summed E-state index contributed by atoms with van der Waals surface area (Å²) in [4.78, 5) is 0. The summed E-state index contributed by atoms with van der Waals surface area (Å²) in [6.45, 7) is 0.676. The van der Waals surface area contributed by atoms with Crippen molar-refractivity contribution in [2.75, 3.05) is 19.6 Å². The maximum atomic E-state index is 5.31. The van der Waals surface area contributed by atoms with Crippen molar-refractivity contribution in [2.45, 2.75) is 6.54 Å². The highest BCUT2D eigenvalue weighted by molar-refractivity contribution is 5.40. The number of benzene rings is 1. The molecule has 1 heterocycles. The van der Waals surface area contributed by atoms with E-state index >= 15 is 0 Å². The van der Waals surface area contributed by atoms with Crippen molar-refractivity contribution >= 4 is 0 Å². The van der Waals surface area contributed by atoms with Crippen molar-refractivity contribution in [1.82, 2.24) is 4.68 Å². The standard InChI is InChI=1S/C13H16N2O2/c1-16-12-5-6-13(17-2)11(9-12)10-14-15-7-3-4-8-15/h3-9,14H,10H2,1-2H3. The van der Waals surface area contributed by atoms with E-state index in [1.165, 1.54) is 0 Å². The monoisotopic (exact) mass is 232 g/mol. The molecule has 0 bridgehead atoms. The zero-order chi connectivity index (χ0) is 12.1. The Kier molecular flexibility index (Phi) is 3.55. The van der Waals surface area contributed by atoms with Crippen LogP contribution < -0.4 is 14.9 Å². The van der Waals surface area contributed by atoms with E-state index in [1.807, 2.05) is 47.4 Å². The number of rotatable bonds is 5. The van der Waals surface area contributed by atoms with E-state index in [1.54, 1.807) is 14.2 Å². The van der Waals surface area contributed by atoms with Crippen molar-refractivity contribution in [3.63, 3.8) is 0 Å². The molecule has 0 radical (unpaired) electrons. The van der Waals surface area contributed by atoms with Crippen LogP contribution in [0.2, 0.25) is 0 Å². The largest absolute Gasteiger partial charge is 0.497 e. The van der Waals surface area contributed by atoms with Gasteiger partial charge in [0.25, 0.3) is 0 Å². The summed E-state index contributed by atoms with van der Waals surface area (Å²) < 4.78 is 12.4. The lowest BCUT2D eigenvalue weighted by Gasteiger charge is -2.12. The van der Waals surface area contributed by atoms with E-state index < -0.39 is 0 Å². The minimum absolute atomic E-state index is 0.676. The summed E-state index contributed by atoms with van der Waals surface area (Å²) in [7, 11) is 3.33. The number of hydrogen-bond acceptors (Lipinski definition) is 3. The molecule has 0 unspecified atom stereocenters. The smallest absolute Gasteiger partial charge is 0.124 e. The fourth-order valence-electron chi connectivity index (χ4n) is 1.64. The number of methoxy groups -OCH3 is 2. The molecule has 2 aromatic rings. The zero-order valence-electron chi connectivity index (χ0n) is 10.0. The van der Waals surface area contributed by atoms with Crippen LogP contribution in [0.5, 0.6) is 11.5 Å². The number of nitrogens with zero attached hydrogens (tertiary/aromatic N) is 1. The SMILES string of the molecule is COc1ccc(OC)c(CNn2cccc2)c1. The maximum absolute atomic E-state index is 5.31. The van der Waals surface area contributed by atoms with Gasteiger partial charge >= 0.3 is 0 Å². The molecule has 0 saturated heterocycles. The molecular weight excluding hydrogens is 216 g/mol. The van der Waals surface area contributed by atoms with Gasteiger partial charge in [0.2, 0.25) is 0 Å². The van der Waals surface area contributed by atoms with Gasteiger partial charge in [-0.15, -0.1) is 0 Å². The van der Waals surface area contributed by atoms with Gasteiger partial charge < -0.3 is 14.9 Å². The molecule has 0 saturated carbocycles. The van der Waals surface area contributed by atoms with E-state index in [0.717, 1.165) is 17.1 Å². The number of aromatic nitrogens is 1. The number of ether oxygens (including phenoxy) is 2. The van der Waals surface area contributed by atoms with Crippen molar-refractivity contribution in [3.8, 4) is 11.5 Å². The van der Waals surface area contributed by atoms with Gasteiger partial charge in [-0.2, -0.15) is 0 Å². The molecule has 0 amide bonds. The Morgan fingerprint density at radius 1 is 1.12 bits per heavy atom. The predicted molar refractivity (Wildman–Crippen MR) is 67.0 cm³/mol. The van der Waals surface area contributed by atoms with Gasteiger partial charge in [0.1, 0.15) is 11.5 Å². The molecule has 0 aliphatic rings. The second-order valence-corrected chi connectivity index (χ2v) is 3.60. The van der Waals surface area contributed by atoms with Crippen molar-refractivity contribution in [1.29, 1.82) is 0 Å². The Hall–Kier alpha value is -2.10. The number of hydrogen-bond donors (Lipinski definition) is 1. The quantitative estimate of drug-likeness (QED) is 0.858. The van der Waals surface area contributed by atoms with Crippen LogP contribution in [0.15, 0.2) is 42.7 Å². The highest BCUT2D eigenvalue weighted by atomic mass is 16.5. The summed E-state index contributed by atoms with van der Waals surface area (Å²) >= 11 is 0. The average molecular weight is 232 g/mol. The fourth-order valence-corrected chi connectivity index (χ4v) is 1.64. The summed E-state index contributed by atoms with van der Waals surface area (Å²) in [6, 6.07) is 9.70. The lowest BCUT2D eigenvalue weighted by Crippen LogP contribution is -2.12. The molecule has 1 N–H and O–H groups in total. The summed E-state index contributed by atoms with van der Waals surface area (Å²) in [5.74, 6) is 1.68. The van der Waals surface area contributed by atoms with Gasteiger partial charge in [0.15, 0.2) is 0 Å². The summed E-state index contributed by atoms with van der Waals surface area (Å²) in [6.07, 6.45) is 3.90. The lowest BCUT2D eigenvalue weighted by molar-refractivity contribution is 0.399. The first kappa shape index (κ1) is 11.4. The van der Waals surface area contributed by atoms with Gasteiger partial charge in [-0.25, -0.2) is 0 Å². The van der Waals surface area contributed by atoms with Crippen LogP contribution in [0.3, 0.4) is 0 Å². The van der Waals surface area contributed by atoms with Gasteiger partial charge in [-0.1, -0.05) is 0 Å². The van der Waals surface area contributed by atoms with Crippen LogP contribution in [-0.2, 0) is 6.54 Å². The summed E-state index contributed by atoms with van der Waals surface area (Å²) in [5, 5.41) is 0. The third-order valence-corrected chi connectivity index (χ3v) is 2.54. The molecule has 0 aliphatic heterocycles. The molecule has 0 aliphatic carbocycles. The first-order chi connectivity index (χ1) is 8.33. The van der Waals surface area contributed by atoms with Gasteiger partial charge in [-0.05, 0) is 30.3 Å². The van der Waals surface area contributed by atoms with Crippen molar-refractivity contribution in [2.24, 2.45) is 0 Å². The molecule has 1 aromatic heterocycles. The molecule has 17 heavy (non-hydrogen) atoms. The Balaban J connectivity index is 2.12. The first-order valence-corrected chi connectivity index (χ1v) is 5.41. The van der Waals surface area contributed by atoms with E-state index in [4.69, 9.17) is 9.47 Å². The molecule has 0 fully saturated rings. The van der Waals surface area contributed by atoms with Crippen LogP contribution in [0.4, 0.5) is 0 Å². The van der Waals surface area contributed by atoms with Crippen molar-refractivity contribution in [3.05, 3.63) is 48.3 Å². The highest BCUT2D eigenvalue weighted by Gasteiger charge is 2.04. The molecule has 4 nitrogen and oxygen atoms in total. The highest BCUT2D eigenvalue weighted by Crippen LogP contribution is 2.23. The Morgan fingerprint density at radius 3 is 2.53 bits per heavy atom. The summed E-state index contributed by atoms with van der Waals surface area (Å²) in [5.41, 5.74) is 4.30. The van der Waals surface area contributed by atoms with Crippen LogP contribution in [-0.4, -0.2) is 18.9 Å². The minimum atomic E-state index is 0.676. The molecule has 2 rings (SSSR count). The van der Waals surface area contributed by atoms with E-state index in [9.17, 15) is 0 Å². The molecule has 1 aromatic carbocycles. The first-order valence-electron chi connectivity index (χ1n) is 5.41. The van der Waals surface area contributed by atoms with Gasteiger partial charge in [0, 0.05) is 18.0 Å². The van der Waals surface area contributed by atoms with Crippen LogP contribution in [0.25, 0.3) is 0 Å². The van der Waals surface area contributed by atoms with E-state index in [0.29, 0.717) is 6.54 Å². The average Bonchev–Trinajstić information content (AvgIpc) is 2.89. The van der Waals surface area contributed by atoms with Crippen LogP contribution in [0.1, 0.15) is 5.56 Å². The zero-order valence-corrected chi connectivity index (χ0v) is 10.0. The number of nitrogens with one attached hydrogen (secondary N) is 1. The van der Waals surface area contributed by atoms with Gasteiger partial charge in [0.05, 0.1) is 20.8 Å².